The number of hydrogen-bond acceptors (Lipinski definition) is 7. The number of ether oxygens (including phenoxy) is 4. The van der Waals surface area contributed by atoms with Crippen molar-refractivity contribution >= 4 is 17.5 Å². The van der Waals surface area contributed by atoms with Gasteiger partial charge in [0.25, 0.3) is 0 Å². The fourth-order valence-corrected chi connectivity index (χ4v) is 3.11. The maximum Gasteiger partial charge on any atom is 0.337 e. The number of methoxy groups -OCH3 is 4. The zero-order valence-electron chi connectivity index (χ0n) is 19.1. The van der Waals surface area contributed by atoms with E-state index in [9.17, 15) is 14.4 Å². The van der Waals surface area contributed by atoms with Crippen molar-refractivity contribution in [3.05, 3.63) is 88.5 Å². The maximum absolute atomic E-state index is 13.0. The van der Waals surface area contributed by atoms with Gasteiger partial charge in [0, 0.05) is 22.3 Å². The average molecular weight is 458 g/mol. The topological polar surface area (TPSA) is 88.1 Å². The van der Waals surface area contributed by atoms with Crippen molar-refractivity contribution < 1.29 is 33.3 Å². The Morgan fingerprint density at radius 2 is 1.21 bits per heavy atom. The first kappa shape index (κ1) is 24.1. The van der Waals surface area contributed by atoms with Gasteiger partial charge in [-0.3, -0.25) is 9.59 Å². The molecule has 3 rings (SSSR count). The molecule has 0 aromatic heterocycles. The molecule has 0 N–H and O–H groups in total. The largest absolute Gasteiger partial charge is 0.497 e. The zero-order chi connectivity index (χ0) is 24.7. The first-order chi connectivity index (χ1) is 16.4. The van der Waals surface area contributed by atoms with Gasteiger partial charge >= 0.3 is 5.97 Å². The Hall–Kier alpha value is -4.57. The van der Waals surface area contributed by atoms with Crippen LogP contribution in [-0.4, -0.2) is 46.0 Å². The van der Waals surface area contributed by atoms with Crippen LogP contribution in [0.5, 0.6) is 17.2 Å². The van der Waals surface area contributed by atoms with Gasteiger partial charge in [-0.2, -0.15) is 0 Å². The third-order valence-electron chi connectivity index (χ3n) is 4.91. The van der Waals surface area contributed by atoms with E-state index in [1.165, 1.54) is 52.7 Å². The van der Waals surface area contributed by atoms with Gasteiger partial charge < -0.3 is 18.9 Å². The molecule has 0 aliphatic heterocycles. The van der Waals surface area contributed by atoms with E-state index in [1.807, 2.05) is 0 Å². The summed E-state index contributed by atoms with van der Waals surface area (Å²) in [5.41, 5.74) is 1.87. The number of benzene rings is 3. The van der Waals surface area contributed by atoms with Crippen molar-refractivity contribution in [2.24, 2.45) is 0 Å². The SMILES string of the molecule is COC(=O)c1ccc(C#Cc2cc(OC)cc(C(=O)C(=O)c3ccc(OC)c(OC)c3)c2)cc1. The Morgan fingerprint density at radius 3 is 1.82 bits per heavy atom. The Morgan fingerprint density at radius 1 is 0.588 bits per heavy atom. The Labute approximate surface area is 197 Å². The van der Waals surface area contributed by atoms with Gasteiger partial charge in [0.15, 0.2) is 11.5 Å². The summed E-state index contributed by atoms with van der Waals surface area (Å²) in [5, 5.41) is 0. The monoisotopic (exact) mass is 458 g/mol. The van der Waals surface area contributed by atoms with Crippen LogP contribution in [0.25, 0.3) is 0 Å². The highest BCUT2D eigenvalue weighted by molar-refractivity contribution is 6.49. The molecule has 0 radical (unpaired) electrons. The van der Waals surface area contributed by atoms with Crippen LogP contribution in [0.4, 0.5) is 0 Å². The van der Waals surface area contributed by atoms with Gasteiger partial charge in [-0.05, 0) is 60.7 Å². The van der Waals surface area contributed by atoms with E-state index in [0.29, 0.717) is 33.9 Å². The van der Waals surface area contributed by atoms with Crippen LogP contribution >= 0.6 is 0 Å². The third kappa shape index (κ3) is 5.43. The van der Waals surface area contributed by atoms with Gasteiger partial charge in [-0.25, -0.2) is 4.79 Å². The molecule has 0 atom stereocenters. The minimum Gasteiger partial charge on any atom is -0.497 e. The lowest BCUT2D eigenvalue weighted by Gasteiger charge is -2.09. The van der Waals surface area contributed by atoms with E-state index >= 15 is 0 Å². The van der Waals surface area contributed by atoms with Crippen molar-refractivity contribution in [3.63, 3.8) is 0 Å². The summed E-state index contributed by atoms with van der Waals surface area (Å²) in [6.45, 7) is 0. The van der Waals surface area contributed by atoms with Gasteiger partial charge in [0.1, 0.15) is 5.75 Å². The molecule has 0 saturated carbocycles. The lowest BCUT2D eigenvalue weighted by atomic mass is 9.99. The summed E-state index contributed by atoms with van der Waals surface area (Å²) in [4.78, 5) is 37.4. The summed E-state index contributed by atoms with van der Waals surface area (Å²) in [5.74, 6) is 5.26. The molecule has 0 bridgehead atoms. The second-order valence-corrected chi connectivity index (χ2v) is 7.00. The number of rotatable bonds is 7. The molecule has 3 aromatic carbocycles. The highest BCUT2D eigenvalue weighted by Crippen LogP contribution is 2.28. The number of carbonyl (C=O) groups excluding carboxylic acids is 3. The summed E-state index contributed by atoms with van der Waals surface area (Å²) < 4.78 is 20.4. The van der Waals surface area contributed by atoms with Crippen molar-refractivity contribution in [2.45, 2.75) is 0 Å². The quantitative estimate of drug-likeness (QED) is 0.229. The molecule has 172 valence electrons. The molecular weight excluding hydrogens is 436 g/mol. The van der Waals surface area contributed by atoms with Gasteiger partial charge in [-0.1, -0.05) is 11.8 Å². The Bertz CT molecular complexity index is 1290. The third-order valence-corrected chi connectivity index (χ3v) is 4.91. The molecule has 7 heteroatoms. The lowest BCUT2D eigenvalue weighted by molar-refractivity contribution is 0.0600. The number of carbonyl (C=O) groups is 3. The maximum atomic E-state index is 13.0. The molecule has 3 aromatic rings. The summed E-state index contributed by atoms with van der Waals surface area (Å²) in [7, 11) is 5.71. The molecule has 0 heterocycles. The van der Waals surface area contributed by atoms with Crippen molar-refractivity contribution in [3.8, 4) is 29.1 Å². The minimum atomic E-state index is -0.711. The van der Waals surface area contributed by atoms with Crippen LogP contribution in [0.1, 0.15) is 42.2 Å². The average Bonchev–Trinajstić information content (AvgIpc) is 2.90. The second-order valence-electron chi connectivity index (χ2n) is 7.00. The van der Waals surface area contributed by atoms with E-state index in [2.05, 4.69) is 16.6 Å². The van der Waals surface area contributed by atoms with Crippen molar-refractivity contribution in [1.82, 2.24) is 0 Å². The van der Waals surface area contributed by atoms with Crippen LogP contribution in [0.15, 0.2) is 60.7 Å². The molecule has 34 heavy (non-hydrogen) atoms. The highest BCUT2D eigenvalue weighted by Gasteiger charge is 2.21. The van der Waals surface area contributed by atoms with Crippen molar-refractivity contribution in [2.75, 3.05) is 28.4 Å². The van der Waals surface area contributed by atoms with Crippen LogP contribution in [-0.2, 0) is 4.74 Å². The molecule has 0 aliphatic carbocycles. The first-order valence-corrected chi connectivity index (χ1v) is 10.1. The molecule has 0 fully saturated rings. The second kappa shape index (κ2) is 10.8. The molecule has 0 amide bonds. The summed E-state index contributed by atoms with van der Waals surface area (Å²) in [6, 6.07) is 15.8. The minimum absolute atomic E-state index is 0.143. The van der Waals surface area contributed by atoms with Gasteiger partial charge in [0.2, 0.25) is 11.6 Å². The molecule has 0 unspecified atom stereocenters. The van der Waals surface area contributed by atoms with E-state index < -0.39 is 17.5 Å². The van der Waals surface area contributed by atoms with Crippen LogP contribution in [0.2, 0.25) is 0 Å². The number of hydrogen-bond donors (Lipinski definition) is 0. The van der Waals surface area contributed by atoms with Crippen LogP contribution in [0.3, 0.4) is 0 Å². The van der Waals surface area contributed by atoms with Crippen molar-refractivity contribution in [1.29, 1.82) is 0 Å². The van der Waals surface area contributed by atoms with Gasteiger partial charge in [0.05, 0.1) is 34.0 Å². The lowest BCUT2D eigenvalue weighted by Crippen LogP contribution is -2.15. The summed E-state index contributed by atoms with van der Waals surface area (Å²) in [6.07, 6.45) is 0. The van der Waals surface area contributed by atoms with E-state index in [-0.39, 0.29) is 11.1 Å². The Balaban J connectivity index is 1.90. The molecule has 7 nitrogen and oxygen atoms in total. The molecule has 0 spiro atoms. The molecule has 0 saturated heterocycles. The van der Waals surface area contributed by atoms with Gasteiger partial charge in [-0.15, -0.1) is 0 Å². The summed E-state index contributed by atoms with van der Waals surface area (Å²) >= 11 is 0. The van der Waals surface area contributed by atoms with Crippen LogP contribution < -0.4 is 14.2 Å². The first-order valence-electron chi connectivity index (χ1n) is 10.1. The van der Waals surface area contributed by atoms with E-state index in [0.717, 1.165) is 0 Å². The molecular formula is C27H22O7. The number of ketones is 2. The normalized spacial score (nSPS) is 9.88. The van der Waals surface area contributed by atoms with E-state index in [1.54, 1.807) is 36.4 Å². The predicted molar refractivity (Wildman–Crippen MR) is 125 cm³/mol. The fraction of sp³-hybridized carbons (Fsp3) is 0.148. The van der Waals surface area contributed by atoms with E-state index in [4.69, 9.17) is 14.2 Å². The predicted octanol–water partition coefficient (Wildman–Crippen LogP) is 3.96. The smallest absolute Gasteiger partial charge is 0.337 e. The van der Waals surface area contributed by atoms with Crippen LogP contribution in [0, 0.1) is 11.8 Å². The fourth-order valence-electron chi connectivity index (χ4n) is 3.11. The molecule has 0 aliphatic rings. The standard InChI is InChI=1S/C27H22O7/c1-31-22-14-18(6-5-17-7-9-19(10-8-17)27(30)34-4)13-21(15-22)26(29)25(28)20-11-12-23(32-2)24(16-20)33-3/h7-16H,1-4H3. The highest BCUT2D eigenvalue weighted by atomic mass is 16.5. The number of Topliss-reactive ketones (excluding diaryl/α,β-unsaturated/α-hetero) is 2. The number of esters is 1. The Kier molecular flexibility index (Phi) is 7.67. The zero-order valence-corrected chi connectivity index (χ0v) is 19.1.